The molecule has 0 spiro atoms. The quantitative estimate of drug-likeness (QED) is 0.255. The highest BCUT2D eigenvalue weighted by Crippen LogP contribution is 2.39. The third-order valence-corrected chi connectivity index (χ3v) is 8.86. The van der Waals surface area contributed by atoms with Gasteiger partial charge in [-0.1, -0.05) is 35.3 Å². The number of carbonyl (C=O) groups is 1. The van der Waals surface area contributed by atoms with E-state index in [1.807, 2.05) is 24.3 Å². The zero-order chi connectivity index (χ0) is 29.5. The fourth-order valence-electron chi connectivity index (χ4n) is 5.45. The normalized spacial score (nSPS) is 21.5. The molecule has 1 aromatic carbocycles. The van der Waals surface area contributed by atoms with Gasteiger partial charge in [-0.2, -0.15) is 0 Å². The lowest BCUT2D eigenvalue weighted by molar-refractivity contribution is -0.153. The van der Waals surface area contributed by atoms with Crippen LogP contribution in [0.1, 0.15) is 50.2 Å². The minimum Gasteiger partial charge on any atom is -0.495 e. The van der Waals surface area contributed by atoms with Crippen molar-refractivity contribution in [3.05, 3.63) is 69.2 Å². The molecule has 42 heavy (non-hydrogen) atoms. The Morgan fingerprint density at radius 2 is 1.93 bits per heavy atom. The van der Waals surface area contributed by atoms with Gasteiger partial charge in [-0.3, -0.25) is 4.79 Å². The third-order valence-electron chi connectivity index (χ3n) is 8.17. The summed E-state index contributed by atoms with van der Waals surface area (Å²) < 4.78 is 23.4. The minimum absolute atomic E-state index is 0.317. The topological polar surface area (TPSA) is 81.3 Å². The van der Waals surface area contributed by atoms with Crippen molar-refractivity contribution in [1.82, 2.24) is 15.5 Å². The predicted octanol–water partition coefficient (Wildman–Crippen LogP) is 5.75. The smallest absolute Gasteiger partial charge is 0.313 e. The van der Waals surface area contributed by atoms with Crippen LogP contribution in [0.15, 0.2) is 63.6 Å². The highest BCUT2D eigenvalue weighted by Gasteiger charge is 2.31. The van der Waals surface area contributed by atoms with E-state index in [1.165, 1.54) is 25.7 Å². The molecule has 0 bridgehead atoms. The van der Waals surface area contributed by atoms with Gasteiger partial charge in [0.2, 0.25) is 0 Å². The molecule has 2 heterocycles. The van der Waals surface area contributed by atoms with Crippen LogP contribution in [0.4, 0.5) is 0 Å². The van der Waals surface area contributed by atoms with Crippen molar-refractivity contribution in [3.8, 4) is 11.5 Å². The zero-order valence-corrected chi connectivity index (χ0v) is 25.9. The highest BCUT2D eigenvalue weighted by molar-refractivity contribution is 6.36. The van der Waals surface area contributed by atoms with Gasteiger partial charge in [-0.25, -0.2) is 0 Å². The maximum absolute atomic E-state index is 13.7. The van der Waals surface area contributed by atoms with Crippen LogP contribution in [-0.2, 0) is 14.3 Å². The molecule has 2 fully saturated rings. The Kier molecular flexibility index (Phi) is 10.6. The molecule has 0 amide bonds. The molecule has 0 aromatic heterocycles. The molecular formula is C32H41Cl2N3O5. The van der Waals surface area contributed by atoms with Crippen LogP contribution in [0.3, 0.4) is 0 Å². The Hall–Kier alpha value is -2.81. The van der Waals surface area contributed by atoms with Crippen LogP contribution in [0, 0.1) is 11.8 Å². The molecule has 10 heteroatoms. The van der Waals surface area contributed by atoms with E-state index >= 15 is 0 Å². The molecule has 2 aliphatic heterocycles. The summed E-state index contributed by atoms with van der Waals surface area (Å²) in [5.74, 6) is 1.75. The number of nitrogens with one attached hydrogen (secondary N) is 2. The van der Waals surface area contributed by atoms with Crippen molar-refractivity contribution < 1.29 is 23.7 Å². The van der Waals surface area contributed by atoms with Gasteiger partial charge in [0, 0.05) is 37.2 Å². The number of dihydropyridines is 1. The molecule has 1 saturated heterocycles. The average Bonchev–Trinajstić information content (AvgIpc) is 3.69. The molecule has 2 N–H and O–H groups in total. The number of likely N-dealkylation sites (tertiary alicyclic amines) is 1. The highest BCUT2D eigenvalue weighted by atomic mass is 35.5. The number of carbonyl (C=O) groups excluding carboxylic acids is 1. The molecule has 228 valence electrons. The van der Waals surface area contributed by atoms with Crippen LogP contribution in [0.25, 0.3) is 0 Å². The Morgan fingerprint density at radius 3 is 2.64 bits per heavy atom. The zero-order valence-electron chi connectivity index (χ0n) is 24.4. The number of ether oxygens (including phenoxy) is 4. The van der Waals surface area contributed by atoms with Crippen molar-refractivity contribution in [3.63, 3.8) is 0 Å². The second-order valence-corrected chi connectivity index (χ2v) is 12.1. The van der Waals surface area contributed by atoms with E-state index < -0.39 is 12.0 Å². The fourth-order valence-corrected chi connectivity index (χ4v) is 6.03. The molecule has 1 aromatic rings. The number of allylic oxidation sites excluding steroid dienone is 3. The largest absolute Gasteiger partial charge is 0.495 e. The molecule has 4 aliphatic rings. The molecule has 5 rings (SSSR count). The summed E-state index contributed by atoms with van der Waals surface area (Å²) in [7, 11) is 3.16. The maximum Gasteiger partial charge on any atom is 0.313 e. The summed E-state index contributed by atoms with van der Waals surface area (Å²) in [5.41, 5.74) is 2.45. The van der Waals surface area contributed by atoms with Gasteiger partial charge in [-0.15, -0.1) is 0 Å². The second-order valence-electron chi connectivity index (χ2n) is 11.2. The van der Waals surface area contributed by atoms with Gasteiger partial charge in [-0.05, 0) is 74.0 Å². The van der Waals surface area contributed by atoms with Gasteiger partial charge in [0.05, 0.1) is 44.0 Å². The third kappa shape index (κ3) is 7.97. The molecule has 0 radical (unpaired) electrons. The van der Waals surface area contributed by atoms with Crippen molar-refractivity contribution in [1.29, 1.82) is 0 Å². The SMILES string of the molecule is COc1ccc([C@H](CC2=C(Cl)CNC=C2Cl)OC(=O)C2C=CC(NCCN3CCCC3)=C(OCC3CC3)C2)cc1OC. The van der Waals surface area contributed by atoms with Crippen molar-refractivity contribution >= 4 is 29.2 Å². The summed E-state index contributed by atoms with van der Waals surface area (Å²) in [4.78, 5) is 16.2. The van der Waals surface area contributed by atoms with Crippen molar-refractivity contribution in [2.24, 2.45) is 11.8 Å². The number of esters is 1. The first-order chi connectivity index (χ1) is 20.4. The molecule has 8 nitrogen and oxygen atoms in total. The molecule has 2 aliphatic carbocycles. The van der Waals surface area contributed by atoms with E-state index in [-0.39, 0.29) is 5.97 Å². The summed E-state index contributed by atoms with van der Waals surface area (Å²) in [6, 6.07) is 5.50. The van der Waals surface area contributed by atoms with Gasteiger partial charge >= 0.3 is 5.97 Å². The molecule has 1 saturated carbocycles. The summed E-state index contributed by atoms with van der Waals surface area (Å²) in [6.07, 6.45) is 10.7. The van der Waals surface area contributed by atoms with Crippen LogP contribution >= 0.6 is 23.2 Å². The predicted molar refractivity (Wildman–Crippen MR) is 164 cm³/mol. The maximum atomic E-state index is 13.7. The number of benzene rings is 1. The number of hydrogen-bond acceptors (Lipinski definition) is 8. The van der Waals surface area contributed by atoms with E-state index in [2.05, 4.69) is 15.5 Å². The summed E-state index contributed by atoms with van der Waals surface area (Å²) >= 11 is 13.1. The van der Waals surface area contributed by atoms with Crippen molar-refractivity contribution in [2.45, 2.75) is 44.6 Å². The van der Waals surface area contributed by atoms with Crippen LogP contribution in [0.2, 0.25) is 0 Å². The first-order valence-corrected chi connectivity index (χ1v) is 15.6. The van der Waals surface area contributed by atoms with Gasteiger partial charge < -0.3 is 34.5 Å². The minimum atomic E-state index is -0.644. The number of halogens is 2. The van der Waals surface area contributed by atoms with E-state index in [0.29, 0.717) is 53.5 Å². The number of rotatable bonds is 14. The van der Waals surface area contributed by atoms with E-state index in [0.717, 1.165) is 48.8 Å². The second kappa shape index (κ2) is 14.6. The average molecular weight is 619 g/mol. The number of nitrogens with zero attached hydrogens (tertiary/aromatic N) is 1. The first kappa shape index (κ1) is 30.6. The Balaban J connectivity index is 1.31. The first-order valence-electron chi connectivity index (χ1n) is 14.8. The Labute approximate surface area is 258 Å². The molecule has 1 unspecified atom stereocenters. The fraction of sp³-hybridized carbons (Fsp3) is 0.531. The molecule has 2 atom stereocenters. The number of methoxy groups -OCH3 is 2. The van der Waals surface area contributed by atoms with Gasteiger partial charge in [0.15, 0.2) is 11.5 Å². The van der Waals surface area contributed by atoms with Crippen LogP contribution in [0.5, 0.6) is 11.5 Å². The van der Waals surface area contributed by atoms with E-state index in [4.69, 9.17) is 42.1 Å². The van der Waals surface area contributed by atoms with Gasteiger partial charge in [0.25, 0.3) is 0 Å². The molecular weight excluding hydrogens is 577 g/mol. The lowest BCUT2D eigenvalue weighted by Crippen LogP contribution is -2.31. The van der Waals surface area contributed by atoms with Crippen LogP contribution < -0.4 is 20.1 Å². The Bertz CT molecular complexity index is 1250. The van der Waals surface area contributed by atoms with E-state index in [9.17, 15) is 4.79 Å². The lowest BCUT2D eigenvalue weighted by Gasteiger charge is -2.27. The lowest BCUT2D eigenvalue weighted by atomic mass is 9.96. The summed E-state index contributed by atoms with van der Waals surface area (Å²) in [6.45, 7) is 5.31. The Morgan fingerprint density at radius 1 is 1.14 bits per heavy atom. The van der Waals surface area contributed by atoms with Crippen LogP contribution in [-0.4, -0.2) is 64.4 Å². The van der Waals surface area contributed by atoms with Gasteiger partial charge in [0.1, 0.15) is 11.9 Å². The van der Waals surface area contributed by atoms with E-state index in [1.54, 1.807) is 26.5 Å². The standard InChI is InChI=1S/C32H41Cl2N3O5/c1-39-28-10-8-22(15-31(28)40-2)29(17-24-25(33)18-35-19-26(24)34)42-32(38)23-7-9-27(30(16-23)41-20-21-5-6-21)36-11-14-37-12-3-4-13-37/h7-10,15,18,21,23,29,35-36H,3-6,11-14,16-17,19-20H2,1-2H3/t23?,29-/m0/s1. The number of hydrogen-bond donors (Lipinski definition) is 2. The monoisotopic (exact) mass is 617 g/mol. The summed E-state index contributed by atoms with van der Waals surface area (Å²) in [5, 5.41) is 7.69. The van der Waals surface area contributed by atoms with Crippen molar-refractivity contribution in [2.75, 3.05) is 53.6 Å².